The molecule has 3 nitrogen and oxygen atoms in total. The van der Waals surface area contributed by atoms with Gasteiger partial charge in [-0.1, -0.05) is 0 Å². The third-order valence-corrected chi connectivity index (χ3v) is 0.497. The molecule has 0 spiro atoms. The second-order valence-corrected chi connectivity index (χ2v) is 1.71. The van der Waals surface area contributed by atoms with Crippen LogP contribution in [-0.2, 0) is 4.79 Å². The minimum atomic E-state index is -0.843. The smallest absolute Gasteiger partial charge is 0.304 e. The molecule has 0 rings (SSSR count). The maximum Gasteiger partial charge on any atom is 0.304 e. The van der Waals surface area contributed by atoms with Crippen molar-refractivity contribution >= 4 is 17.6 Å². The van der Waals surface area contributed by atoms with E-state index in [1.165, 1.54) is 0 Å². The third kappa shape index (κ3) is 34.1. The monoisotopic (exact) mass is 153 g/mol. The highest BCUT2D eigenvalue weighted by Gasteiger charge is 1.89. The lowest BCUT2D eigenvalue weighted by Gasteiger charge is -1.78. The first-order chi connectivity index (χ1) is 4.18. The molecule has 56 valence electrons. The normalized spacial score (nSPS) is 7.44. The van der Waals surface area contributed by atoms with E-state index in [4.69, 9.17) is 16.7 Å². The highest BCUT2D eigenvalue weighted by atomic mass is 35.5. The maximum absolute atomic E-state index is 9.51. The molecular weight excluding hydrogens is 142 g/mol. The van der Waals surface area contributed by atoms with Crippen molar-refractivity contribution in [1.82, 2.24) is 5.32 Å². The summed E-state index contributed by atoms with van der Waals surface area (Å²) in [6.07, 6.45) is 0.0571. The van der Waals surface area contributed by atoms with Gasteiger partial charge in [0, 0.05) is 5.88 Å². The van der Waals surface area contributed by atoms with E-state index in [0.29, 0.717) is 0 Å². The van der Waals surface area contributed by atoms with Crippen LogP contribution in [0.5, 0.6) is 0 Å². The highest BCUT2D eigenvalue weighted by Crippen LogP contribution is 1.80. The standard InChI is InChI=1S/C3H5ClO2.C2H7N/c4-2-1-3(5)6;1-3-2/h1-2H2,(H,5,6);3H,1-2H3. The summed E-state index contributed by atoms with van der Waals surface area (Å²) < 4.78 is 0. The summed E-state index contributed by atoms with van der Waals surface area (Å²) in [6.45, 7) is 0. The summed E-state index contributed by atoms with van der Waals surface area (Å²) in [5.74, 6) is -0.639. The molecule has 0 aliphatic carbocycles. The Morgan fingerprint density at radius 3 is 2.00 bits per heavy atom. The van der Waals surface area contributed by atoms with E-state index in [1.54, 1.807) is 0 Å². The van der Waals surface area contributed by atoms with Gasteiger partial charge in [-0.15, -0.1) is 11.6 Å². The minimum absolute atomic E-state index is 0.0571. The van der Waals surface area contributed by atoms with Crippen LogP contribution < -0.4 is 5.32 Å². The van der Waals surface area contributed by atoms with Crippen molar-refractivity contribution in [3.63, 3.8) is 0 Å². The van der Waals surface area contributed by atoms with Crippen molar-refractivity contribution in [1.29, 1.82) is 0 Å². The Morgan fingerprint density at radius 1 is 1.67 bits per heavy atom. The van der Waals surface area contributed by atoms with Crippen LogP contribution in [0.2, 0.25) is 0 Å². The van der Waals surface area contributed by atoms with E-state index >= 15 is 0 Å². The molecule has 0 aromatic carbocycles. The molecule has 0 aliphatic heterocycles. The molecule has 2 N–H and O–H groups in total. The first-order valence-electron chi connectivity index (χ1n) is 2.55. The average Bonchev–Trinajstić information content (AvgIpc) is 1.67. The lowest BCUT2D eigenvalue weighted by Crippen LogP contribution is -1.93. The van der Waals surface area contributed by atoms with E-state index in [9.17, 15) is 4.79 Å². The van der Waals surface area contributed by atoms with Gasteiger partial charge in [-0.3, -0.25) is 4.79 Å². The molecule has 4 heteroatoms. The molecule has 0 bridgehead atoms. The Kier molecular flexibility index (Phi) is 13.6. The Bertz CT molecular complexity index is 68.0. The summed E-state index contributed by atoms with van der Waals surface area (Å²) in [5, 5.41) is 10.6. The zero-order valence-electron chi connectivity index (χ0n) is 5.65. The van der Waals surface area contributed by atoms with Gasteiger partial charge >= 0.3 is 5.97 Å². The summed E-state index contributed by atoms with van der Waals surface area (Å²) >= 11 is 5.02. The Balaban J connectivity index is 0. The van der Waals surface area contributed by atoms with Gasteiger partial charge in [0.25, 0.3) is 0 Å². The molecule has 0 amide bonds. The van der Waals surface area contributed by atoms with Gasteiger partial charge < -0.3 is 10.4 Å². The van der Waals surface area contributed by atoms with Crippen LogP contribution in [0.3, 0.4) is 0 Å². The molecule has 9 heavy (non-hydrogen) atoms. The quantitative estimate of drug-likeness (QED) is 0.570. The predicted molar refractivity (Wildman–Crippen MR) is 38.0 cm³/mol. The number of halogens is 1. The molecule has 0 aliphatic rings. The van der Waals surface area contributed by atoms with E-state index in [2.05, 4.69) is 5.32 Å². The number of alkyl halides is 1. The number of carboxylic acids is 1. The average molecular weight is 154 g/mol. The number of nitrogens with one attached hydrogen (secondary N) is 1. The first kappa shape index (κ1) is 11.5. The van der Waals surface area contributed by atoms with Crippen LogP contribution in [0, 0.1) is 0 Å². The van der Waals surface area contributed by atoms with Crippen LogP contribution in [-0.4, -0.2) is 31.1 Å². The van der Waals surface area contributed by atoms with Crippen molar-refractivity contribution in [2.75, 3.05) is 20.0 Å². The predicted octanol–water partition coefficient (Wildman–Crippen LogP) is 0.535. The molecule has 0 unspecified atom stereocenters. The SMILES string of the molecule is CNC.O=C(O)CCCl. The van der Waals surface area contributed by atoms with Crippen molar-refractivity contribution in [2.45, 2.75) is 6.42 Å². The molecule has 0 radical (unpaired) electrons. The lowest BCUT2D eigenvalue weighted by atomic mass is 10.5. The van der Waals surface area contributed by atoms with Gasteiger partial charge in [-0.2, -0.15) is 0 Å². The Morgan fingerprint density at radius 2 is 2.00 bits per heavy atom. The minimum Gasteiger partial charge on any atom is -0.481 e. The van der Waals surface area contributed by atoms with Gasteiger partial charge in [-0.25, -0.2) is 0 Å². The summed E-state index contributed by atoms with van der Waals surface area (Å²) in [5.41, 5.74) is 0. The molecule has 0 heterocycles. The van der Waals surface area contributed by atoms with Crippen LogP contribution in [0.15, 0.2) is 0 Å². The fraction of sp³-hybridized carbons (Fsp3) is 0.800. The van der Waals surface area contributed by atoms with E-state index in [-0.39, 0.29) is 12.3 Å². The number of hydrogen-bond acceptors (Lipinski definition) is 2. The molecule has 0 saturated heterocycles. The van der Waals surface area contributed by atoms with Crippen LogP contribution in [0.25, 0.3) is 0 Å². The molecule has 0 aromatic heterocycles. The van der Waals surface area contributed by atoms with Gasteiger partial charge in [-0.05, 0) is 14.1 Å². The summed E-state index contributed by atoms with van der Waals surface area (Å²) in [4.78, 5) is 9.51. The van der Waals surface area contributed by atoms with Gasteiger partial charge in [0.2, 0.25) is 0 Å². The molecule has 0 aromatic rings. The largest absolute Gasteiger partial charge is 0.481 e. The number of hydrogen-bond donors (Lipinski definition) is 2. The fourth-order valence-electron chi connectivity index (χ4n) is 0.0808. The number of rotatable bonds is 2. The van der Waals surface area contributed by atoms with Crippen molar-refractivity contribution < 1.29 is 9.90 Å². The fourth-order valence-corrected chi connectivity index (χ4v) is 0.243. The third-order valence-electron chi connectivity index (χ3n) is 0.308. The van der Waals surface area contributed by atoms with Crippen LogP contribution in [0.4, 0.5) is 0 Å². The van der Waals surface area contributed by atoms with E-state index in [0.717, 1.165) is 0 Å². The van der Waals surface area contributed by atoms with Gasteiger partial charge in [0.1, 0.15) is 0 Å². The zero-order chi connectivity index (χ0) is 7.70. The highest BCUT2D eigenvalue weighted by molar-refractivity contribution is 6.18. The zero-order valence-corrected chi connectivity index (χ0v) is 6.40. The molecule has 0 atom stereocenters. The molecule has 0 saturated carbocycles. The summed E-state index contributed by atoms with van der Waals surface area (Å²) in [7, 11) is 3.75. The van der Waals surface area contributed by atoms with E-state index in [1.807, 2.05) is 14.1 Å². The Hall–Kier alpha value is -0.280. The van der Waals surface area contributed by atoms with Crippen molar-refractivity contribution in [2.24, 2.45) is 0 Å². The Labute approximate surface area is 60.0 Å². The van der Waals surface area contributed by atoms with Crippen LogP contribution >= 0.6 is 11.6 Å². The molecule has 0 fully saturated rings. The second kappa shape index (κ2) is 10.7. The second-order valence-electron chi connectivity index (χ2n) is 1.33. The number of carboxylic acid groups (broad SMARTS) is 1. The van der Waals surface area contributed by atoms with E-state index < -0.39 is 5.97 Å². The summed E-state index contributed by atoms with van der Waals surface area (Å²) in [6, 6.07) is 0. The maximum atomic E-state index is 9.51. The van der Waals surface area contributed by atoms with Crippen molar-refractivity contribution in [3.05, 3.63) is 0 Å². The van der Waals surface area contributed by atoms with Crippen LogP contribution in [0.1, 0.15) is 6.42 Å². The topological polar surface area (TPSA) is 49.3 Å². The van der Waals surface area contributed by atoms with Crippen molar-refractivity contribution in [3.8, 4) is 0 Å². The lowest BCUT2D eigenvalue weighted by molar-refractivity contribution is -0.136. The van der Waals surface area contributed by atoms with Gasteiger partial charge in [0.15, 0.2) is 0 Å². The molecular formula is C5H12ClNO2. The number of carbonyl (C=O) groups is 1. The first-order valence-corrected chi connectivity index (χ1v) is 3.08. The van der Waals surface area contributed by atoms with Gasteiger partial charge in [0.05, 0.1) is 6.42 Å². The number of aliphatic carboxylic acids is 1.